The molecule has 0 saturated carbocycles. The van der Waals surface area contributed by atoms with E-state index in [2.05, 4.69) is 0 Å². The fraction of sp³-hybridized carbons (Fsp3) is 0.364. The van der Waals surface area contributed by atoms with E-state index < -0.39 is 30.3 Å². The fourth-order valence-electron chi connectivity index (χ4n) is 3.62. The molecule has 7 heteroatoms. The topological polar surface area (TPSA) is 85.3 Å². The molecule has 0 spiro atoms. The van der Waals surface area contributed by atoms with Gasteiger partial charge in [0.2, 0.25) is 5.91 Å². The average Bonchev–Trinajstić information content (AvgIpc) is 2.71. The number of nitrogens with zero attached hydrogens (tertiary/aromatic N) is 1. The SMILES string of the molecule is COc1ccc(C(c2ccc(OC)cc2)N2C(=O)[C@H](C(C)O)[C@H]2OC(C)=O)cc1. The van der Waals surface area contributed by atoms with E-state index in [0.717, 1.165) is 11.1 Å². The standard InChI is InChI=1S/C22H25NO6/c1-13(24)19-21(26)23(22(19)29-14(2)25)20(15-5-9-17(27-3)10-6-15)16-7-11-18(28-4)12-8-16/h5-13,19-20,22,24H,1-4H3/t13?,19-,22+/m0/s1. The van der Waals surface area contributed by atoms with Crippen molar-refractivity contribution in [1.82, 2.24) is 4.90 Å². The second-order valence-electron chi connectivity index (χ2n) is 6.96. The smallest absolute Gasteiger partial charge is 0.304 e. The summed E-state index contributed by atoms with van der Waals surface area (Å²) in [6, 6.07) is 14.2. The van der Waals surface area contributed by atoms with Crippen molar-refractivity contribution in [3.63, 3.8) is 0 Å². The molecule has 1 heterocycles. The Bertz CT molecular complexity index is 814. The summed E-state index contributed by atoms with van der Waals surface area (Å²) in [6.07, 6.45) is -1.79. The number of esters is 1. The minimum absolute atomic E-state index is 0.275. The molecule has 1 fully saturated rings. The quantitative estimate of drug-likeness (QED) is 0.569. The zero-order valence-electron chi connectivity index (χ0n) is 16.9. The third kappa shape index (κ3) is 4.05. The zero-order valence-corrected chi connectivity index (χ0v) is 16.9. The van der Waals surface area contributed by atoms with Gasteiger partial charge in [-0.3, -0.25) is 14.5 Å². The van der Waals surface area contributed by atoms with Crippen LogP contribution in [0, 0.1) is 5.92 Å². The number of ether oxygens (including phenoxy) is 3. The molecule has 1 aliphatic heterocycles. The van der Waals surface area contributed by atoms with Crippen LogP contribution in [0.4, 0.5) is 0 Å². The molecule has 154 valence electrons. The van der Waals surface area contributed by atoms with E-state index in [1.165, 1.54) is 18.7 Å². The van der Waals surface area contributed by atoms with Gasteiger partial charge in [0, 0.05) is 6.92 Å². The molecule has 0 bridgehead atoms. The van der Waals surface area contributed by atoms with E-state index >= 15 is 0 Å². The Labute approximate surface area is 169 Å². The molecule has 3 rings (SSSR count). The van der Waals surface area contributed by atoms with Crippen molar-refractivity contribution >= 4 is 11.9 Å². The first-order valence-electron chi connectivity index (χ1n) is 9.32. The molecule has 29 heavy (non-hydrogen) atoms. The van der Waals surface area contributed by atoms with Crippen molar-refractivity contribution in [1.29, 1.82) is 0 Å². The number of hydrogen-bond donors (Lipinski definition) is 1. The van der Waals surface area contributed by atoms with E-state index in [0.29, 0.717) is 11.5 Å². The summed E-state index contributed by atoms with van der Waals surface area (Å²) in [4.78, 5) is 26.1. The zero-order chi connectivity index (χ0) is 21.1. The number of likely N-dealkylation sites (tertiary alicyclic amines) is 1. The van der Waals surface area contributed by atoms with Crippen molar-refractivity contribution in [3.8, 4) is 11.5 Å². The lowest BCUT2D eigenvalue weighted by Gasteiger charge is -2.50. The van der Waals surface area contributed by atoms with Gasteiger partial charge in [0.15, 0.2) is 6.23 Å². The monoisotopic (exact) mass is 399 g/mol. The molecule has 3 atom stereocenters. The molecule has 0 aromatic heterocycles. The number of carbonyl (C=O) groups is 2. The van der Waals surface area contributed by atoms with Crippen LogP contribution in [-0.4, -0.2) is 48.4 Å². The number of hydrogen-bond acceptors (Lipinski definition) is 6. The van der Waals surface area contributed by atoms with Crippen molar-refractivity contribution in [2.45, 2.75) is 32.2 Å². The predicted molar refractivity (Wildman–Crippen MR) is 105 cm³/mol. The molecule has 2 aromatic carbocycles. The van der Waals surface area contributed by atoms with Crippen LogP contribution >= 0.6 is 0 Å². The molecule has 1 aliphatic rings. The van der Waals surface area contributed by atoms with E-state index in [9.17, 15) is 14.7 Å². The van der Waals surface area contributed by atoms with Crippen LogP contribution in [0.1, 0.15) is 31.0 Å². The van der Waals surface area contributed by atoms with E-state index in [4.69, 9.17) is 14.2 Å². The number of β-lactam (4-membered cyclic amide) rings is 1. The van der Waals surface area contributed by atoms with Crippen LogP contribution < -0.4 is 9.47 Å². The molecular weight excluding hydrogens is 374 g/mol. The molecule has 1 N–H and O–H groups in total. The summed E-state index contributed by atoms with van der Waals surface area (Å²) in [6.45, 7) is 2.81. The van der Waals surface area contributed by atoms with Gasteiger partial charge >= 0.3 is 5.97 Å². The molecule has 2 aromatic rings. The van der Waals surface area contributed by atoms with Crippen LogP contribution in [0.2, 0.25) is 0 Å². The van der Waals surface area contributed by atoms with Crippen molar-refractivity contribution in [2.75, 3.05) is 14.2 Å². The summed E-state index contributed by atoms with van der Waals surface area (Å²) in [5, 5.41) is 10.0. The lowest BCUT2D eigenvalue weighted by molar-refractivity contribution is -0.211. The minimum atomic E-state index is -0.935. The van der Waals surface area contributed by atoms with Gasteiger partial charge in [-0.05, 0) is 42.3 Å². The Hall–Kier alpha value is -3.06. The third-order valence-electron chi connectivity index (χ3n) is 5.07. The van der Waals surface area contributed by atoms with Crippen LogP contribution in [0.25, 0.3) is 0 Å². The van der Waals surface area contributed by atoms with Crippen LogP contribution in [0.5, 0.6) is 11.5 Å². The van der Waals surface area contributed by atoms with Gasteiger partial charge in [0.25, 0.3) is 0 Å². The highest BCUT2D eigenvalue weighted by molar-refractivity contribution is 5.88. The third-order valence-corrected chi connectivity index (χ3v) is 5.07. The second-order valence-corrected chi connectivity index (χ2v) is 6.96. The van der Waals surface area contributed by atoms with E-state index in [1.54, 1.807) is 14.2 Å². The van der Waals surface area contributed by atoms with E-state index in [1.807, 2.05) is 48.5 Å². The number of amides is 1. The first kappa shape index (κ1) is 20.7. The normalized spacial score (nSPS) is 19.5. The highest BCUT2D eigenvalue weighted by Crippen LogP contribution is 2.42. The largest absolute Gasteiger partial charge is 0.497 e. The molecule has 7 nitrogen and oxygen atoms in total. The number of aliphatic hydroxyl groups is 1. The maximum atomic E-state index is 13.0. The maximum Gasteiger partial charge on any atom is 0.304 e. The lowest BCUT2D eigenvalue weighted by atomic mass is 9.85. The Kier molecular flexibility index (Phi) is 6.08. The summed E-state index contributed by atoms with van der Waals surface area (Å²) in [5.74, 6) is -0.201. The van der Waals surface area contributed by atoms with Gasteiger partial charge in [-0.15, -0.1) is 0 Å². The van der Waals surface area contributed by atoms with Gasteiger partial charge in [-0.2, -0.15) is 0 Å². The minimum Gasteiger partial charge on any atom is -0.497 e. The van der Waals surface area contributed by atoms with Gasteiger partial charge in [-0.1, -0.05) is 24.3 Å². The molecule has 0 radical (unpaired) electrons. The Morgan fingerprint density at radius 1 is 0.966 bits per heavy atom. The van der Waals surface area contributed by atoms with Gasteiger partial charge in [0.05, 0.1) is 26.4 Å². The number of aliphatic hydroxyl groups excluding tert-OH is 1. The molecule has 0 aliphatic carbocycles. The fourth-order valence-corrected chi connectivity index (χ4v) is 3.62. The average molecular weight is 399 g/mol. The van der Waals surface area contributed by atoms with Gasteiger partial charge in [0.1, 0.15) is 17.4 Å². The summed E-state index contributed by atoms with van der Waals surface area (Å²) in [5.41, 5.74) is 1.65. The number of rotatable bonds is 7. The van der Waals surface area contributed by atoms with Crippen molar-refractivity contribution < 1.29 is 28.9 Å². The highest BCUT2D eigenvalue weighted by atomic mass is 16.6. The molecular formula is C22H25NO6. The second kappa shape index (κ2) is 8.53. The van der Waals surface area contributed by atoms with Crippen LogP contribution in [0.3, 0.4) is 0 Å². The number of carbonyl (C=O) groups excluding carboxylic acids is 2. The molecule has 1 unspecified atom stereocenters. The van der Waals surface area contributed by atoms with E-state index in [-0.39, 0.29) is 5.91 Å². The highest BCUT2D eigenvalue weighted by Gasteiger charge is 2.55. The maximum absolute atomic E-state index is 13.0. The van der Waals surface area contributed by atoms with Crippen molar-refractivity contribution in [3.05, 3.63) is 59.7 Å². The predicted octanol–water partition coefficient (Wildman–Crippen LogP) is 2.52. The Morgan fingerprint density at radius 3 is 1.76 bits per heavy atom. The number of benzene rings is 2. The summed E-state index contributed by atoms with van der Waals surface area (Å²) < 4.78 is 15.9. The first-order valence-corrected chi connectivity index (χ1v) is 9.32. The first-order chi connectivity index (χ1) is 13.9. The lowest BCUT2D eigenvalue weighted by Crippen LogP contribution is -2.66. The van der Waals surface area contributed by atoms with Gasteiger partial charge < -0.3 is 19.3 Å². The van der Waals surface area contributed by atoms with Crippen LogP contribution in [-0.2, 0) is 14.3 Å². The number of methoxy groups -OCH3 is 2. The van der Waals surface area contributed by atoms with Crippen molar-refractivity contribution in [2.24, 2.45) is 5.92 Å². The van der Waals surface area contributed by atoms with Gasteiger partial charge in [-0.25, -0.2) is 0 Å². The Morgan fingerprint density at radius 2 is 1.41 bits per heavy atom. The van der Waals surface area contributed by atoms with Crippen LogP contribution in [0.15, 0.2) is 48.5 Å². The molecule has 1 amide bonds. The molecule has 1 saturated heterocycles. The Balaban J connectivity index is 2.05. The summed E-state index contributed by atoms with van der Waals surface area (Å²) >= 11 is 0. The summed E-state index contributed by atoms with van der Waals surface area (Å²) in [7, 11) is 3.16.